The van der Waals surface area contributed by atoms with E-state index in [0.29, 0.717) is 11.9 Å². The molecule has 2 fully saturated rings. The van der Waals surface area contributed by atoms with Gasteiger partial charge in [-0.1, -0.05) is 19.4 Å². The molecular weight excluding hydrogens is 408 g/mol. The molecule has 0 aromatic carbocycles. The maximum atomic E-state index is 13.4. The molecule has 5 rings (SSSR count). The molecule has 0 bridgehead atoms. The van der Waals surface area contributed by atoms with Crippen LogP contribution in [0.3, 0.4) is 0 Å². The lowest BCUT2D eigenvalue weighted by atomic mass is 10.1. The van der Waals surface area contributed by atoms with Gasteiger partial charge >= 0.3 is 0 Å². The number of hydrogen-bond donors (Lipinski definition) is 0. The fraction of sp³-hybridized carbons (Fsp3) is 0.478. The Balaban J connectivity index is 1.39. The van der Waals surface area contributed by atoms with Gasteiger partial charge in [0.1, 0.15) is 0 Å². The van der Waals surface area contributed by atoms with Crippen molar-refractivity contribution in [2.45, 2.75) is 38.5 Å². The third-order valence-electron chi connectivity index (χ3n) is 6.09. The first kappa shape index (κ1) is 20.3. The minimum atomic E-state index is 0.0951. The Kier molecular flexibility index (Phi) is 5.82. The maximum Gasteiger partial charge on any atom is 0.257 e. The van der Waals surface area contributed by atoms with E-state index in [-0.39, 0.29) is 5.91 Å². The number of nitrogens with zero attached hydrogens (tertiary/aromatic N) is 6. The van der Waals surface area contributed by atoms with Crippen molar-refractivity contribution in [3.63, 3.8) is 0 Å². The molecule has 0 N–H and O–H groups in total. The Hall–Kier alpha value is -2.58. The number of carbonyl (C=O) groups excluding carboxylic acids is 1. The summed E-state index contributed by atoms with van der Waals surface area (Å²) in [7, 11) is 0. The fourth-order valence-corrected chi connectivity index (χ4v) is 4.87. The molecule has 1 aliphatic heterocycles. The van der Waals surface area contributed by atoms with Crippen molar-refractivity contribution in [3.05, 3.63) is 47.2 Å². The van der Waals surface area contributed by atoms with Gasteiger partial charge in [0.25, 0.3) is 11.9 Å². The lowest BCUT2D eigenvalue weighted by Crippen LogP contribution is -2.48. The van der Waals surface area contributed by atoms with Gasteiger partial charge in [0.15, 0.2) is 0 Å². The Morgan fingerprint density at radius 2 is 2.03 bits per heavy atom. The molecule has 1 amide bonds. The highest BCUT2D eigenvalue weighted by Crippen LogP contribution is 2.42. The predicted octanol–water partition coefficient (Wildman–Crippen LogP) is 3.83. The second-order valence-corrected chi connectivity index (χ2v) is 9.28. The number of hydrogen-bond acceptors (Lipinski definition) is 6. The van der Waals surface area contributed by atoms with Crippen molar-refractivity contribution in [1.29, 1.82) is 0 Å². The lowest BCUT2D eigenvalue weighted by molar-refractivity contribution is 0.0634. The van der Waals surface area contributed by atoms with E-state index in [1.807, 2.05) is 22.4 Å². The van der Waals surface area contributed by atoms with Gasteiger partial charge in [-0.3, -0.25) is 9.69 Å². The zero-order valence-corrected chi connectivity index (χ0v) is 18.7. The quantitative estimate of drug-likeness (QED) is 0.563. The van der Waals surface area contributed by atoms with E-state index in [2.05, 4.69) is 28.0 Å². The first-order chi connectivity index (χ1) is 15.2. The van der Waals surface area contributed by atoms with Crippen LogP contribution >= 0.6 is 11.3 Å². The number of carbonyl (C=O) groups is 1. The van der Waals surface area contributed by atoms with E-state index in [4.69, 9.17) is 4.98 Å². The van der Waals surface area contributed by atoms with Crippen LogP contribution in [-0.2, 0) is 0 Å². The van der Waals surface area contributed by atoms with E-state index < -0.39 is 0 Å². The van der Waals surface area contributed by atoms with Crippen LogP contribution in [0, 0.1) is 0 Å². The zero-order chi connectivity index (χ0) is 21.2. The third-order valence-corrected chi connectivity index (χ3v) is 6.99. The SMILES string of the molecule is CCCCN1CCN(C(=O)c2cnn(-c3nccc(-c4cccs4)n3)c2C2CC2)CC1. The van der Waals surface area contributed by atoms with Gasteiger partial charge in [-0.25, -0.2) is 14.6 Å². The summed E-state index contributed by atoms with van der Waals surface area (Å²) in [5.41, 5.74) is 2.57. The predicted molar refractivity (Wildman–Crippen MR) is 122 cm³/mol. The molecule has 7 nitrogen and oxygen atoms in total. The normalized spacial score (nSPS) is 17.3. The number of rotatable bonds is 7. The number of aromatic nitrogens is 4. The largest absolute Gasteiger partial charge is 0.336 e. The highest BCUT2D eigenvalue weighted by atomic mass is 32.1. The van der Waals surface area contributed by atoms with Gasteiger partial charge in [-0.15, -0.1) is 11.3 Å². The molecule has 4 heterocycles. The lowest BCUT2D eigenvalue weighted by Gasteiger charge is -2.34. The van der Waals surface area contributed by atoms with Crippen molar-refractivity contribution in [3.8, 4) is 16.5 Å². The zero-order valence-electron chi connectivity index (χ0n) is 17.9. The second kappa shape index (κ2) is 8.88. The second-order valence-electron chi connectivity index (χ2n) is 8.34. The van der Waals surface area contributed by atoms with E-state index in [1.165, 1.54) is 12.8 Å². The van der Waals surface area contributed by atoms with Crippen LogP contribution in [0.4, 0.5) is 0 Å². The van der Waals surface area contributed by atoms with Gasteiger partial charge in [-0.05, 0) is 43.3 Å². The van der Waals surface area contributed by atoms with E-state index in [9.17, 15) is 4.79 Å². The van der Waals surface area contributed by atoms with Gasteiger partial charge in [-0.2, -0.15) is 5.10 Å². The van der Waals surface area contributed by atoms with E-state index >= 15 is 0 Å². The van der Waals surface area contributed by atoms with Gasteiger partial charge < -0.3 is 4.90 Å². The molecule has 0 radical (unpaired) electrons. The average molecular weight is 437 g/mol. The third kappa shape index (κ3) is 4.27. The summed E-state index contributed by atoms with van der Waals surface area (Å²) in [4.78, 5) is 28.2. The molecule has 0 unspecified atom stereocenters. The summed E-state index contributed by atoms with van der Waals surface area (Å²) in [5.74, 6) is 0.996. The van der Waals surface area contributed by atoms with Gasteiger partial charge in [0, 0.05) is 38.3 Å². The van der Waals surface area contributed by atoms with Crippen LogP contribution in [-0.4, -0.2) is 68.2 Å². The molecule has 1 saturated carbocycles. The summed E-state index contributed by atoms with van der Waals surface area (Å²) >= 11 is 1.65. The molecular formula is C23H28N6OS. The average Bonchev–Trinajstić information content (AvgIpc) is 3.32. The Bertz CT molecular complexity index is 1030. The summed E-state index contributed by atoms with van der Waals surface area (Å²) in [6, 6.07) is 5.99. The maximum absolute atomic E-state index is 13.4. The fourth-order valence-electron chi connectivity index (χ4n) is 4.17. The summed E-state index contributed by atoms with van der Waals surface area (Å²) < 4.78 is 1.79. The molecule has 0 atom stereocenters. The Morgan fingerprint density at radius 1 is 1.19 bits per heavy atom. The summed E-state index contributed by atoms with van der Waals surface area (Å²) in [5, 5.41) is 6.62. The Labute approximate surface area is 186 Å². The van der Waals surface area contributed by atoms with Crippen molar-refractivity contribution in [2.75, 3.05) is 32.7 Å². The van der Waals surface area contributed by atoms with Crippen molar-refractivity contribution in [1.82, 2.24) is 29.5 Å². The molecule has 31 heavy (non-hydrogen) atoms. The van der Waals surface area contributed by atoms with Crippen LogP contribution < -0.4 is 0 Å². The standard InChI is InChI=1S/C23H28N6OS/c1-2-3-10-27-11-13-28(14-12-27)22(30)18-16-25-29(21(18)17-6-7-17)23-24-9-8-19(26-23)20-5-4-15-31-20/h4-5,8-9,15-17H,2-3,6-7,10-14H2,1H3. The number of thiophene rings is 1. The van der Waals surface area contributed by atoms with Crippen LogP contribution in [0.25, 0.3) is 16.5 Å². The highest BCUT2D eigenvalue weighted by molar-refractivity contribution is 7.13. The molecule has 3 aromatic heterocycles. The number of piperazine rings is 1. The molecule has 8 heteroatoms. The first-order valence-corrected chi connectivity index (χ1v) is 12.1. The van der Waals surface area contributed by atoms with Gasteiger partial charge in [0.2, 0.25) is 0 Å². The minimum absolute atomic E-state index is 0.0951. The molecule has 0 spiro atoms. The number of amides is 1. The first-order valence-electron chi connectivity index (χ1n) is 11.2. The van der Waals surface area contributed by atoms with Crippen molar-refractivity contribution in [2.24, 2.45) is 0 Å². The van der Waals surface area contributed by atoms with Crippen LogP contribution in [0.15, 0.2) is 36.0 Å². The van der Waals surface area contributed by atoms with Crippen LogP contribution in [0.2, 0.25) is 0 Å². The molecule has 3 aromatic rings. The highest BCUT2D eigenvalue weighted by Gasteiger charge is 2.35. The molecule has 2 aliphatic rings. The van der Waals surface area contributed by atoms with Crippen LogP contribution in [0.5, 0.6) is 0 Å². The van der Waals surface area contributed by atoms with Crippen molar-refractivity contribution >= 4 is 17.2 Å². The Morgan fingerprint density at radius 3 is 2.74 bits per heavy atom. The molecule has 1 aliphatic carbocycles. The molecule has 1 saturated heterocycles. The van der Waals surface area contributed by atoms with E-state index in [1.54, 1.807) is 28.4 Å². The number of unbranched alkanes of at least 4 members (excludes halogenated alkanes) is 1. The monoisotopic (exact) mass is 436 g/mol. The topological polar surface area (TPSA) is 67.2 Å². The van der Waals surface area contributed by atoms with E-state index in [0.717, 1.165) is 67.4 Å². The minimum Gasteiger partial charge on any atom is -0.336 e. The van der Waals surface area contributed by atoms with Gasteiger partial charge in [0.05, 0.1) is 28.0 Å². The smallest absolute Gasteiger partial charge is 0.257 e. The summed E-state index contributed by atoms with van der Waals surface area (Å²) in [6.45, 7) is 6.80. The van der Waals surface area contributed by atoms with Crippen molar-refractivity contribution < 1.29 is 4.79 Å². The summed E-state index contributed by atoms with van der Waals surface area (Å²) in [6.07, 6.45) is 8.09. The van der Waals surface area contributed by atoms with Crippen LogP contribution in [0.1, 0.15) is 54.6 Å². The molecule has 162 valence electrons.